The van der Waals surface area contributed by atoms with Gasteiger partial charge in [0, 0.05) is 5.88 Å². The maximum absolute atomic E-state index is 11.7. The van der Waals surface area contributed by atoms with E-state index in [1.807, 2.05) is 24.3 Å². The van der Waals surface area contributed by atoms with Gasteiger partial charge >= 0.3 is 6.09 Å². The smallest absolute Gasteiger partial charge is 0.407 e. The van der Waals surface area contributed by atoms with Crippen molar-refractivity contribution in [3.8, 4) is 5.75 Å². The minimum Gasteiger partial charge on any atom is -0.494 e. The zero-order valence-electron chi connectivity index (χ0n) is 14.0. The predicted octanol–water partition coefficient (Wildman–Crippen LogP) is 3.12. The van der Waals surface area contributed by atoms with Gasteiger partial charge in [0.2, 0.25) is 0 Å². The molecule has 0 aliphatic heterocycles. The molecular formula is C17H26ClNO4. The van der Waals surface area contributed by atoms with Crippen LogP contribution in [0.5, 0.6) is 5.75 Å². The molecule has 0 aliphatic carbocycles. The SMILES string of the molecule is CC(C)(C)OC(=O)NC(CO)Cc1ccc(OCCCCl)cc1. The number of amides is 1. The lowest BCUT2D eigenvalue weighted by Gasteiger charge is -2.22. The third kappa shape index (κ3) is 8.67. The number of alkyl carbamates (subject to hydrolysis) is 1. The molecule has 0 fully saturated rings. The van der Waals surface area contributed by atoms with Crippen molar-refractivity contribution in [2.24, 2.45) is 0 Å². The normalized spacial score (nSPS) is 12.6. The van der Waals surface area contributed by atoms with Crippen LogP contribution in [0.25, 0.3) is 0 Å². The molecule has 0 saturated carbocycles. The van der Waals surface area contributed by atoms with Crippen LogP contribution in [-0.4, -0.2) is 41.9 Å². The lowest BCUT2D eigenvalue weighted by molar-refractivity contribution is 0.0483. The number of alkyl halides is 1. The molecule has 0 spiro atoms. The topological polar surface area (TPSA) is 67.8 Å². The molecule has 1 unspecified atom stereocenters. The Morgan fingerprint density at radius 2 is 1.96 bits per heavy atom. The molecule has 0 aliphatic rings. The Kier molecular flexibility index (Phi) is 8.20. The molecule has 23 heavy (non-hydrogen) atoms. The van der Waals surface area contributed by atoms with Crippen LogP contribution in [0.4, 0.5) is 4.79 Å². The summed E-state index contributed by atoms with van der Waals surface area (Å²) in [5.41, 5.74) is 0.427. The molecule has 0 radical (unpaired) electrons. The van der Waals surface area contributed by atoms with Gasteiger partial charge in [-0.3, -0.25) is 0 Å². The van der Waals surface area contributed by atoms with Gasteiger partial charge in [0.05, 0.1) is 19.3 Å². The number of hydrogen-bond acceptors (Lipinski definition) is 4. The second-order valence-electron chi connectivity index (χ2n) is 6.26. The molecule has 6 heteroatoms. The van der Waals surface area contributed by atoms with Gasteiger partial charge in [-0.25, -0.2) is 4.79 Å². The summed E-state index contributed by atoms with van der Waals surface area (Å²) in [4.78, 5) is 11.7. The Morgan fingerprint density at radius 1 is 1.30 bits per heavy atom. The summed E-state index contributed by atoms with van der Waals surface area (Å²) >= 11 is 5.60. The second-order valence-corrected chi connectivity index (χ2v) is 6.64. The van der Waals surface area contributed by atoms with Crippen LogP contribution in [0.1, 0.15) is 32.8 Å². The van der Waals surface area contributed by atoms with E-state index in [-0.39, 0.29) is 6.61 Å². The number of aliphatic hydroxyl groups is 1. The summed E-state index contributed by atoms with van der Waals surface area (Å²) in [6.07, 6.45) is 0.783. The van der Waals surface area contributed by atoms with Crippen LogP contribution >= 0.6 is 11.6 Å². The van der Waals surface area contributed by atoms with E-state index in [0.29, 0.717) is 18.9 Å². The van der Waals surface area contributed by atoms with Crippen molar-refractivity contribution >= 4 is 17.7 Å². The number of ether oxygens (including phenoxy) is 2. The average Bonchev–Trinajstić information content (AvgIpc) is 2.46. The van der Waals surface area contributed by atoms with E-state index in [1.165, 1.54) is 0 Å². The maximum atomic E-state index is 11.7. The van der Waals surface area contributed by atoms with E-state index in [1.54, 1.807) is 20.8 Å². The summed E-state index contributed by atoms with van der Waals surface area (Å²) in [5.74, 6) is 1.35. The second kappa shape index (κ2) is 9.63. The lowest BCUT2D eigenvalue weighted by Crippen LogP contribution is -2.42. The Morgan fingerprint density at radius 3 is 2.48 bits per heavy atom. The van der Waals surface area contributed by atoms with Gasteiger partial charge < -0.3 is 19.9 Å². The number of carbonyl (C=O) groups excluding carboxylic acids is 1. The van der Waals surface area contributed by atoms with Gasteiger partial charge in [0.25, 0.3) is 0 Å². The fraction of sp³-hybridized carbons (Fsp3) is 0.588. The van der Waals surface area contributed by atoms with Gasteiger partial charge in [0.1, 0.15) is 11.4 Å². The molecule has 0 aromatic heterocycles. The van der Waals surface area contributed by atoms with Gasteiger partial charge in [-0.1, -0.05) is 12.1 Å². The lowest BCUT2D eigenvalue weighted by atomic mass is 10.1. The molecule has 1 atom stereocenters. The Hall–Kier alpha value is -1.46. The van der Waals surface area contributed by atoms with E-state index in [2.05, 4.69) is 5.32 Å². The Bertz CT molecular complexity index is 470. The molecule has 1 aromatic rings. The van der Waals surface area contributed by atoms with Crippen molar-refractivity contribution in [1.29, 1.82) is 0 Å². The Balaban J connectivity index is 2.50. The summed E-state index contributed by atoms with van der Waals surface area (Å²) in [6.45, 7) is 5.81. The highest BCUT2D eigenvalue weighted by Crippen LogP contribution is 2.14. The van der Waals surface area contributed by atoms with Crippen LogP contribution < -0.4 is 10.1 Å². The van der Waals surface area contributed by atoms with E-state index in [9.17, 15) is 9.90 Å². The number of rotatable bonds is 8. The van der Waals surface area contributed by atoms with E-state index in [0.717, 1.165) is 17.7 Å². The average molecular weight is 344 g/mol. The Labute approximate surface area is 142 Å². The monoisotopic (exact) mass is 343 g/mol. The maximum Gasteiger partial charge on any atom is 0.407 e. The fourth-order valence-electron chi connectivity index (χ4n) is 1.89. The first kappa shape index (κ1) is 19.6. The number of halogens is 1. The molecule has 2 N–H and O–H groups in total. The van der Waals surface area contributed by atoms with Crippen LogP contribution in [0, 0.1) is 0 Å². The fourth-order valence-corrected chi connectivity index (χ4v) is 2.00. The summed E-state index contributed by atoms with van der Waals surface area (Å²) in [5, 5.41) is 12.1. The van der Waals surface area contributed by atoms with Gasteiger partial charge in [-0.2, -0.15) is 0 Å². The first-order chi connectivity index (χ1) is 10.8. The third-order valence-corrected chi connectivity index (χ3v) is 3.16. The van der Waals surface area contributed by atoms with Crippen molar-refractivity contribution < 1.29 is 19.4 Å². The van der Waals surface area contributed by atoms with Gasteiger partial charge in [-0.15, -0.1) is 11.6 Å². The standard InChI is InChI=1S/C17H26ClNO4/c1-17(2,3)23-16(21)19-14(12-20)11-13-5-7-15(8-6-13)22-10-4-9-18/h5-8,14,20H,4,9-12H2,1-3H3,(H,19,21). The molecule has 130 valence electrons. The third-order valence-electron chi connectivity index (χ3n) is 2.89. The predicted molar refractivity (Wildman–Crippen MR) is 91.2 cm³/mol. The van der Waals surface area contributed by atoms with Gasteiger partial charge in [0.15, 0.2) is 0 Å². The molecular weight excluding hydrogens is 318 g/mol. The van der Waals surface area contributed by atoms with Crippen molar-refractivity contribution in [1.82, 2.24) is 5.32 Å². The number of nitrogens with one attached hydrogen (secondary N) is 1. The molecule has 1 rings (SSSR count). The van der Waals surface area contributed by atoms with Crippen LogP contribution in [0.3, 0.4) is 0 Å². The van der Waals surface area contributed by atoms with Crippen molar-refractivity contribution in [3.05, 3.63) is 29.8 Å². The van der Waals surface area contributed by atoms with Crippen LogP contribution in [-0.2, 0) is 11.2 Å². The van der Waals surface area contributed by atoms with Crippen molar-refractivity contribution in [3.63, 3.8) is 0 Å². The zero-order chi connectivity index (χ0) is 17.3. The summed E-state index contributed by atoms with van der Waals surface area (Å²) in [7, 11) is 0. The zero-order valence-corrected chi connectivity index (χ0v) is 14.7. The van der Waals surface area contributed by atoms with E-state index in [4.69, 9.17) is 21.1 Å². The first-order valence-electron chi connectivity index (χ1n) is 7.72. The number of aliphatic hydroxyl groups excluding tert-OH is 1. The van der Waals surface area contributed by atoms with E-state index >= 15 is 0 Å². The highest BCUT2D eigenvalue weighted by atomic mass is 35.5. The molecule has 0 heterocycles. The summed E-state index contributed by atoms with van der Waals surface area (Å²) < 4.78 is 10.7. The van der Waals surface area contributed by atoms with Crippen molar-refractivity contribution in [2.75, 3.05) is 19.1 Å². The highest BCUT2D eigenvalue weighted by molar-refractivity contribution is 6.17. The number of carbonyl (C=O) groups is 1. The highest BCUT2D eigenvalue weighted by Gasteiger charge is 2.19. The quantitative estimate of drug-likeness (QED) is 0.562. The number of hydrogen-bond donors (Lipinski definition) is 2. The number of benzene rings is 1. The van der Waals surface area contributed by atoms with Crippen LogP contribution in [0.15, 0.2) is 24.3 Å². The molecule has 1 amide bonds. The van der Waals surface area contributed by atoms with Crippen molar-refractivity contribution in [2.45, 2.75) is 45.3 Å². The molecule has 0 saturated heterocycles. The molecule has 5 nitrogen and oxygen atoms in total. The van der Waals surface area contributed by atoms with E-state index < -0.39 is 17.7 Å². The molecule has 1 aromatic carbocycles. The van der Waals surface area contributed by atoms with Gasteiger partial charge in [-0.05, 0) is 51.3 Å². The minimum absolute atomic E-state index is 0.160. The summed E-state index contributed by atoms with van der Waals surface area (Å²) in [6, 6.07) is 7.16. The minimum atomic E-state index is -0.563. The largest absolute Gasteiger partial charge is 0.494 e. The molecule has 0 bridgehead atoms. The first-order valence-corrected chi connectivity index (χ1v) is 8.25. The van der Waals surface area contributed by atoms with Crippen LogP contribution in [0.2, 0.25) is 0 Å².